The molecule has 4 bridgehead atoms. The van der Waals surface area contributed by atoms with Crippen LogP contribution in [0, 0.1) is 11.8 Å². The molecule has 0 aliphatic heterocycles. The minimum absolute atomic E-state index is 0.126. The number of para-hydroxylation sites is 2. The van der Waals surface area contributed by atoms with Crippen LogP contribution in [0.2, 0.25) is 0 Å². The maximum absolute atomic E-state index is 6.47. The van der Waals surface area contributed by atoms with Crippen molar-refractivity contribution >= 4 is 22.7 Å². The summed E-state index contributed by atoms with van der Waals surface area (Å²) in [4.78, 5) is 0. The average Bonchev–Trinajstić information content (AvgIpc) is 2.58. The van der Waals surface area contributed by atoms with Crippen molar-refractivity contribution in [1.82, 2.24) is 0 Å². The van der Waals surface area contributed by atoms with Crippen molar-refractivity contribution < 1.29 is 0 Å². The molecule has 8 N–H and O–H groups in total. The van der Waals surface area contributed by atoms with Crippen molar-refractivity contribution in [2.24, 2.45) is 11.8 Å². The van der Waals surface area contributed by atoms with Gasteiger partial charge in [-0.2, -0.15) is 0 Å². The maximum Gasteiger partial charge on any atom is 0.0586 e. The lowest BCUT2D eigenvalue weighted by Crippen LogP contribution is -2.56. The van der Waals surface area contributed by atoms with Crippen LogP contribution in [0.4, 0.5) is 22.7 Å². The minimum atomic E-state index is 0.126. The zero-order valence-corrected chi connectivity index (χ0v) is 15.2. The van der Waals surface area contributed by atoms with Gasteiger partial charge in [-0.05, 0) is 84.5 Å². The zero-order valence-electron chi connectivity index (χ0n) is 15.2. The second-order valence-electron chi connectivity index (χ2n) is 9.14. The summed E-state index contributed by atoms with van der Waals surface area (Å²) in [5, 5.41) is 0. The normalized spacial score (nSPS) is 34.9. The van der Waals surface area contributed by atoms with Gasteiger partial charge in [0, 0.05) is 0 Å². The van der Waals surface area contributed by atoms with Gasteiger partial charge in [-0.15, -0.1) is 0 Å². The monoisotopic (exact) mass is 348 g/mol. The highest BCUT2D eigenvalue weighted by Gasteiger charge is 2.59. The van der Waals surface area contributed by atoms with Gasteiger partial charge in [0.15, 0.2) is 0 Å². The Kier molecular flexibility index (Phi) is 3.10. The predicted octanol–water partition coefficient (Wildman–Crippen LogP) is 3.81. The van der Waals surface area contributed by atoms with E-state index in [4.69, 9.17) is 22.9 Å². The Labute approximate surface area is 154 Å². The molecule has 4 saturated carbocycles. The fraction of sp³-hybridized carbons (Fsp3) is 0.455. The summed E-state index contributed by atoms with van der Waals surface area (Å²) >= 11 is 0. The van der Waals surface area contributed by atoms with Crippen LogP contribution in [0.25, 0.3) is 0 Å². The molecular weight excluding hydrogens is 320 g/mol. The zero-order chi connectivity index (χ0) is 18.1. The van der Waals surface area contributed by atoms with Crippen LogP contribution in [-0.2, 0) is 10.8 Å². The van der Waals surface area contributed by atoms with E-state index in [-0.39, 0.29) is 10.8 Å². The maximum atomic E-state index is 6.47. The standard InChI is InChI=1S/C22H28N4/c23-17-5-1-3-15(19(17)25)21-8-13-7-14(9-21)11-22(10-13,12-21)16-4-2-6-18(24)20(16)26/h1-6,13-14H,7-12,23-26H2. The van der Waals surface area contributed by atoms with Crippen molar-refractivity contribution in [2.45, 2.75) is 49.4 Å². The summed E-state index contributed by atoms with van der Waals surface area (Å²) in [6.45, 7) is 0. The number of hydrogen-bond donors (Lipinski definition) is 4. The molecule has 0 atom stereocenters. The van der Waals surface area contributed by atoms with Gasteiger partial charge in [0.1, 0.15) is 0 Å². The van der Waals surface area contributed by atoms with Gasteiger partial charge < -0.3 is 22.9 Å². The van der Waals surface area contributed by atoms with E-state index >= 15 is 0 Å². The third kappa shape index (κ3) is 2.01. The first-order valence-corrected chi connectivity index (χ1v) is 9.71. The number of anilines is 4. The van der Waals surface area contributed by atoms with E-state index in [0.29, 0.717) is 11.4 Å². The van der Waals surface area contributed by atoms with E-state index in [2.05, 4.69) is 24.3 Å². The smallest absolute Gasteiger partial charge is 0.0586 e. The molecule has 0 unspecified atom stereocenters. The molecule has 0 amide bonds. The molecule has 0 saturated heterocycles. The van der Waals surface area contributed by atoms with Gasteiger partial charge >= 0.3 is 0 Å². The number of nitrogen functional groups attached to an aromatic ring is 4. The molecular formula is C22H28N4. The summed E-state index contributed by atoms with van der Waals surface area (Å²) < 4.78 is 0. The largest absolute Gasteiger partial charge is 0.397 e. The van der Waals surface area contributed by atoms with Gasteiger partial charge in [-0.3, -0.25) is 0 Å². The Balaban J connectivity index is 1.67. The lowest BCUT2D eigenvalue weighted by atomic mass is 9.41. The van der Waals surface area contributed by atoms with E-state index < -0.39 is 0 Å². The minimum Gasteiger partial charge on any atom is -0.397 e. The molecule has 4 aliphatic rings. The third-order valence-corrected chi connectivity index (χ3v) is 7.48. The van der Waals surface area contributed by atoms with E-state index in [0.717, 1.165) is 29.6 Å². The SMILES string of the molecule is Nc1cccc(C23CC4CC(C2)CC(c2cccc(N)c2N)(C4)C3)c1N. The number of benzene rings is 2. The van der Waals surface area contributed by atoms with Crippen LogP contribution >= 0.6 is 0 Å². The van der Waals surface area contributed by atoms with Gasteiger partial charge in [-0.25, -0.2) is 0 Å². The van der Waals surface area contributed by atoms with E-state index in [1.165, 1.54) is 43.2 Å². The topological polar surface area (TPSA) is 104 Å². The molecule has 2 aromatic carbocycles. The Bertz CT molecular complexity index is 804. The number of nitrogens with two attached hydrogens (primary N) is 4. The van der Waals surface area contributed by atoms with Crippen LogP contribution in [0.1, 0.15) is 49.7 Å². The second-order valence-corrected chi connectivity index (χ2v) is 9.14. The van der Waals surface area contributed by atoms with Crippen LogP contribution in [0.3, 0.4) is 0 Å². The Morgan fingerprint density at radius 3 is 1.50 bits per heavy atom. The fourth-order valence-corrected chi connectivity index (χ4v) is 6.98. The van der Waals surface area contributed by atoms with Crippen LogP contribution in [0.5, 0.6) is 0 Å². The Morgan fingerprint density at radius 1 is 0.654 bits per heavy atom. The quantitative estimate of drug-likeness (QED) is 0.620. The molecule has 0 heterocycles. The van der Waals surface area contributed by atoms with E-state index in [9.17, 15) is 0 Å². The van der Waals surface area contributed by atoms with Crippen LogP contribution in [-0.4, -0.2) is 0 Å². The first kappa shape index (κ1) is 15.9. The molecule has 26 heavy (non-hydrogen) atoms. The van der Waals surface area contributed by atoms with E-state index in [1.54, 1.807) is 0 Å². The first-order valence-electron chi connectivity index (χ1n) is 9.71. The van der Waals surface area contributed by atoms with Gasteiger partial charge in [0.2, 0.25) is 0 Å². The van der Waals surface area contributed by atoms with Crippen molar-refractivity contribution in [3.05, 3.63) is 47.5 Å². The Morgan fingerprint density at radius 2 is 1.08 bits per heavy atom. The van der Waals surface area contributed by atoms with Gasteiger partial charge in [0.05, 0.1) is 22.7 Å². The molecule has 0 aromatic heterocycles. The molecule has 0 radical (unpaired) electrons. The number of rotatable bonds is 2. The summed E-state index contributed by atoms with van der Waals surface area (Å²) in [7, 11) is 0. The van der Waals surface area contributed by atoms with Gasteiger partial charge in [-0.1, -0.05) is 24.3 Å². The Hall–Kier alpha value is -2.36. The van der Waals surface area contributed by atoms with Crippen molar-refractivity contribution in [3.8, 4) is 0 Å². The lowest BCUT2D eigenvalue weighted by molar-refractivity contribution is -0.0274. The lowest BCUT2D eigenvalue weighted by Gasteiger charge is -2.63. The van der Waals surface area contributed by atoms with Crippen LogP contribution in [0.15, 0.2) is 36.4 Å². The third-order valence-electron chi connectivity index (χ3n) is 7.48. The molecule has 0 spiro atoms. The average molecular weight is 348 g/mol. The van der Waals surface area contributed by atoms with Crippen molar-refractivity contribution in [1.29, 1.82) is 0 Å². The molecule has 4 nitrogen and oxygen atoms in total. The van der Waals surface area contributed by atoms with E-state index in [1.807, 2.05) is 12.1 Å². The highest BCUT2D eigenvalue weighted by atomic mass is 14.7. The highest BCUT2D eigenvalue weighted by Crippen LogP contribution is 2.67. The van der Waals surface area contributed by atoms with Crippen molar-refractivity contribution in [3.63, 3.8) is 0 Å². The van der Waals surface area contributed by atoms with Crippen molar-refractivity contribution in [2.75, 3.05) is 22.9 Å². The number of hydrogen-bond acceptors (Lipinski definition) is 4. The molecule has 6 rings (SSSR count). The predicted molar refractivity (Wildman–Crippen MR) is 109 cm³/mol. The molecule has 4 fully saturated rings. The van der Waals surface area contributed by atoms with Gasteiger partial charge in [0.25, 0.3) is 0 Å². The van der Waals surface area contributed by atoms with Crippen LogP contribution < -0.4 is 22.9 Å². The summed E-state index contributed by atoms with van der Waals surface area (Å²) in [5.74, 6) is 1.47. The molecule has 136 valence electrons. The summed E-state index contributed by atoms with van der Waals surface area (Å²) in [6.07, 6.45) is 7.34. The summed E-state index contributed by atoms with van der Waals surface area (Å²) in [5.41, 5.74) is 31.0. The molecule has 4 heteroatoms. The summed E-state index contributed by atoms with van der Waals surface area (Å²) in [6, 6.07) is 12.3. The second kappa shape index (κ2) is 5.09. The highest BCUT2D eigenvalue weighted by molar-refractivity contribution is 5.71. The molecule has 2 aromatic rings. The first-order chi connectivity index (χ1) is 12.4. The molecule has 4 aliphatic carbocycles. The fourth-order valence-electron chi connectivity index (χ4n) is 6.98.